The standard InChI is InChI=1S/C30H32Cl2FN5O2/c1-2-40-30(39)29(28-25-4-3-12-37(25)18-34-28)38-17-23-24(31)16-22(26(32)27(23)35-38)21-7-5-19(6-8-21)20-9-13-36(14-10-20)15-11-33/h5-8,16-18,20,29H,2-4,9-15H2,1H3. The first kappa shape index (κ1) is 27.2. The monoisotopic (exact) mass is 583 g/mol. The highest BCUT2D eigenvalue weighted by molar-refractivity contribution is 6.42. The van der Waals surface area contributed by atoms with Crippen molar-refractivity contribution < 1.29 is 13.9 Å². The van der Waals surface area contributed by atoms with E-state index in [4.69, 9.17) is 33.0 Å². The van der Waals surface area contributed by atoms with Gasteiger partial charge in [-0.2, -0.15) is 5.10 Å². The summed E-state index contributed by atoms with van der Waals surface area (Å²) in [7, 11) is 0. The van der Waals surface area contributed by atoms with Crippen molar-refractivity contribution in [1.29, 1.82) is 0 Å². The van der Waals surface area contributed by atoms with Crippen LogP contribution in [0.1, 0.15) is 55.1 Å². The topological polar surface area (TPSA) is 65.2 Å². The Morgan fingerprint density at radius 1 is 1.18 bits per heavy atom. The number of halogens is 3. The predicted molar refractivity (Wildman–Crippen MR) is 155 cm³/mol. The maximum Gasteiger partial charge on any atom is 0.337 e. The smallest absolute Gasteiger partial charge is 0.337 e. The summed E-state index contributed by atoms with van der Waals surface area (Å²) in [5.41, 5.74) is 5.21. The molecule has 1 saturated heterocycles. The molecule has 2 aliphatic heterocycles. The normalized spacial score (nSPS) is 16.9. The number of alkyl halides is 1. The third-order valence-corrected chi connectivity index (χ3v) is 8.91. The zero-order valence-corrected chi connectivity index (χ0v) is 24.0. The van der Waals surface area contributed by atoms with Gasteiger partial charge >= 0.3 is 5.97 Å². The molecule has 7 nitrogen and oxygen atoms in total. The van der Waals surface area contributed by atoms with E-state index in [9.17, 15) is 9.18 Å². The van der Waals surface area contributed by atoms with E-state index in [2.05, 4.69) is 38.7 Å². The second kappa shape index (κ2) is 11.5. The number of piperidine rings is 1. The summed E-state index contributed by atoms with van der Waals surface area (Å²) in [6, 6.07) is 9.46. The molecule has 0 N–H and O–H groups in total. The van der Waals surface area contributed by atoms with Gasteiger partial charge in [-0.05, 0) is 68.8 Å². The van der Waals surface area contributed by atoms with Crippen LogP contribution in [0.15, 0.2) is 42.9 Å². The fourth-order valence-electron chi connectivity index (χ4n) is 6.11. The minimum atomic E-state index is -0.826. The lowest BCUT2D eigenvalue weighted by Gasteiger charge is -2.31. The summed E-state index contributed by atoms with van der Waals surface area (Å²) in [5, 5.41) is 6.42. The second-order valence-electron chi connectivity index (χ2n) is 10.5. The second-order valence-corrected chi connectivity index (χ2v) is 11.3. The largest absolute Gasteiger partial charge is 0.464 e. The van der Waals surface area contributed by atoms with Crippen LogP contribution in [0.25, 0.3) is 22.0 Å². The lowest BCUT2D eigenvalue weighted by Crippen LogP contribution is -2.34. The van der Waals surface area contributed by atoms with Gasteiger partial charge in [0.2, 0.25) is 0 Å². The number of carbonyl (C=O) groups is 1. The first-order valence-electron chi connectivity index (χ1n) is 13.9. The Bertz CT molecular complexity index is 1530. The van der Waals surface area contributed by atoms with Gasteiger partial charge in [0, 0.05) is 35.9 Å². The van der Waals surface area contributed by atoms with Crippen molar-refractivity contribution in [2.75, 3.05) is 32.9 Å². The molecule has 0 bridgehead atoms. The lowest BCUT2D eigenvalue weighted by atomic mass is 9.88. The van der Waals surface area contributed by atoms with Gasteiger partial charge in [-0.3, -0.25) is 4.68 Å². The molecule has 2 aromatic carbocycles. The van der Waals surface area contributed by atoms with E-state index in [0.717, 1.165) is 62.1 Å². The van der Waals surface area contributed by atoms with E-state index in [0.29, 0.717) is 39.1 Å². The highest BCUT2D eigenvalue weighted by Gasteiger charge is 2.33. The first-order chi connectivity index (χ1) is 19.5. The number of nitrogens with zero attached hydrogens (tertiary/aromatic N) is 5. The predicted octanol–water partition coefficient (Wildman–Crippen LogP) is 6.45. The molecule has 6 rings (SSSR count). The van der Waals surface area contributed by atoms with E-state index in [1.165, 1.54) is 5.56 Å². The maximum atomic E-state index is 13.2. The van der Waals surface area contributed by atoms with Crippen LogP contribution in [0, 0.1) is 0 Å². The zero-order chi connectivity index (χ0) is 27.8. The molecule has 2 aliphatic rings. The zero-order valence-electron chi connectivity index (χ0n) is 22.5. The van der Waals surface area contributed by atoms with Crippen LogP contribution in [0.5, 0.6) is 0 Å². The van der Waals surface area contributed by atoms with Gasteiger partial charge in [0.05, 0.1) is 28.7 Å². The number of esters is 1. The molecular weight excluding hydrogens is 552 g/mol. The van der Waals surface area contributed by atoms with Gasteiger partial charge in [0.1, 0.15) is 12.2 Å². The number of hydrogen-bond acceptors (Lipinski definition) is 5. The molecule has 40 heavy (non-hydrogen) atoms. The number of aryl methyl sites for hydroxylation is 1. The fraction of sp³-hybridized carbons (Fsp3) is 0.433. The number of carbonyl (C=O) groups excluding carboxylic acids is 1. The van der Waals surface area contributed by atoms with Gasteiger partial charge in [-0.1, -0.05) is 47.5 Å². The molecule has 4 aromatic rings. The van der Waals surface area contributed by atoms with Crippen LogP contribution in [0.3, 0.4) is 0 Å². The average Bonchev–Trinajstić information content (AvgIpc) is 3.70. The number of fused-ring (bicyclic) bond motifs is 2. The van der Waals surface area contributed by atoms with Crippen LogP contribution in [-0.4, -0.2) is 63.1 Å². The lowest BCUT2D eigenvalue weighted by molar-refractivity contribution is -0.146. The molecule has 10 heteroatoms. The summed E-state index contributed by atoms with van der Waals surface area (Å²) in [5.74, 6) is 0.0497. The van der Waals surface area contributed by atoms with Crippen molar-refractivity contribution >= 4 is 40.1 Å². The Morgan fingerprint density at radius 3 is 2.67 bits per heavy atom. The number of aromatic nitrogens is 4. The quantitative estimate of drug-likeness (QED) is 0.223. The van der Waals surface area contributed by atoms with Crippen molar-refractivity contribution in [2.45, 2.75) is 51.1 Å². The summed E-state index contributed by atoms with van der Waals surface area (Å²) in [6.07, 6.45) is 7.45. The molecule has 1 unspecified atom stereocenters. The Kier molecular flexibility index (Phi) is 7.84. The van der Waals surface area contributed by atoms with Crippen molar-refractivity contribution in [3.8, 4) is 11.1 Å². The summed E-state index contributed by atoms with van der Waals surface area (Å²) in [4.78, 5) is 19.9. The SMILES string of the molecule is CCOC(=O)C(c1ncn2c1CCC2)n1cc2c(Cl)cc(-c3ccc(C4CCN(CCF)CC4)cc3)c(Cl)c2n1. The van der Waals surface area contributed by atoms with Crippen LogP contribution >= 0.6 is 23.2 Å². The summed E-state index contributed by atoms with van der Waals surface area (Å²) in [6.45, 7) is 5.00. The van der Waals surface area contributed by atoms with E-state index in [1.807, 2.05) is 6.07 Å². The highest BCUT2D eigenvalue weighted by Crippen LogP contribution is 2.40. The van der Waals surface area contributed by atoms with Gasteiger partial charge in [0.25, 0.3) is 0 Å². The van der Waals surface area contributed by atoms with Gasteiger partial charge in [-0.15, -0.1) is 0 Å². The van der Waals surface area contributed by atoms with E-state index in [1.54, 1.807) is 24.1 Å². The van der Waals surface area contributed by atoms with Crippen molar-refractivity contribution in [1.82, 2.24) is 24.2 Å². The molecule has 1 atom stereocenters. The van der Waals surface area contributed by atoms with Crippen LogP contribution < -0.4 is 0 Å². The molecule has 210 valence electrons. The molecule has 2 aromatic heterocycles. The Balaban J connectivity index is 1.32. The molecule has 0 aliphatic carbocycles. The maximum absolute atomic E-state index is 13.2. The molecule has 4 heterocycles. The minimum Gasteiger partial charge on any atom is -0.464 e. The molecule has 1 fully saturated rings. The average molecular weight is 585 g/mol. The number of imidazole rings is 1. The molecular formula is C30H32Cl2FN5O2. The fourth-order valence-corrected chi connectivity index (χ4v) is 6.66. The third-order valence-electron chi connectivity index (χ3n) is 8.21. The summed E-state index contributed by atoms with van der Waals surface area (Å²) < 4.78 is 21.8. The molecule has 0 saturated carbocycles. The first-order valence-corrected chi connectivity index (χ1v) is 14.7. The van der Waals surface area contributed by atoms with E-state index < -0.39 is 12.0 Å². The number of hydrogen-bond donors (Lipinski definition) is 0. The highest BCUT2D eigenvalue weighted by atomic mass is 35.5. The van der Waals surface area contributed by atoms with Gasteiger partial charge < -0.3 is 14.2 Å². The molecule has 0 radical (unpaired) electrons. The number of rotatable bonds is 8. The van der Waals surface area contributed by atoms with Gasteiger partial charge in [0.15, 0.2) is 6.04 Å². The summed E-state index contributed by atoms with van der Waals surface area (Å²) >= 11 is 13.7. The van der Waals surface area contributed by atoms with E-state index >= 15 is 0 Å². The van der Waals surface area contributed by atoms with Crippen molar-refractivity contribution in [2.24, 2.45) is 0 Å². The Hall–Kier alpha value is -2.94. The molecule has 0 amide bonds. The van der Waals surface area contributed by atoms with Crippen molar-refractivity contribution in [3.63, 3.8) is 0 Å². The van der Waals surface area contributed by atoms with Crippen molar-refractivity contribution in [3.05, 3.63) is 69.9 Å². The van der Waals surface area contributed by atoms with Crippen LogP contribution in [-0.2, 0) is 22.5 Å². The number of benzene rings is 2. The minimum absolute atomic E-state index is 0.255. The Labute approximate surface area is 242 Å². The van der Waals surface area contributed by atoms with Crippen LogP contribution in [0.4, 0.5) is 4.39 Å². The molecule has 0 spiro atoms. The Morgan fingerprint density at radius 2 is 1.95 bits per heavy atom. The third kappa shape index (κ3) is 5.01. The number of ether oxygens (including phenoxy) is 1. The van der Waals surface area contributed by atoms with Crippen LogP contribution in [0.2, 0.25) is 10.0 Å². The van der Waals surface area contributed by atoms with E-state index in [-0.39, 0.29) is 13.3 Å². The number of likely N-dealkylation sites (tertiary alicyclic amines) is 1. The van der Waals surface area contributed by atoms with Gasteiger partial charge in [-0.25, -0.2) is 14.2 Å².